The number of pyridine rings is 1. The number of carboxylic acid groups (broad SMARTS) is 1. The van der Waals surface area contributed by atoms with E-state index in [-0.39, 0.29) is 17.0 Å². The fraction of sp³-hybridized carbons (Fsp3) is 0.167. The molecule has 0 radical (unpaired) electrons. The molecule has 88 valence electrons. The maximum Gasteiger partial charge on any atom is 0.340 e. The summed E-state index contributed by atoms with van der Waals surface area (Å²) in [5.74, 6) is -1.02. The molecule has 1 aromatic heterocycles. The van der Waals surface area contributed by atoms with Gasteiger partial charge in [0.2, 0.25) is 0 Å². The second-order valence-electron chi connectivity index (χ2n) is 3.58. The highest BCUT2D eigenvalue weighted by atomic mass is 16.5. The first-order valence-electron chi connectivity index (χ1n) is 4.95. The summed E-state index contributed by atoms with van der Waals surface area (Å²) in [6.07, 6.45) is 0. The van der Waals surface area contributed by atoms with Crippen molar-refractivity contribution in [2.24, 2.45) is 0 Å². The molecule has 0 unspecified atom stereocenters. The van der Waals surface area contributed by atoms with Gasteiger partial charge < -0.3 is 14.9 Å². The number of methoxy groups -OCH3 is 1. The number of aryl methyl sites for hydroxylation is 1. The predicted octanol–water partition coefficient (Wildman–Crippen LogP) is 1.96. The quantitative estimate of drug-likeness (QED) is 0.828. The first kappa shape index (κ1) is 11.2. The summed E-state index contributed by atoms with van der Waals surface area (Å²) in [5, 5.41) is 19.2. The van der Waals surface area contributed by atoms with Crippen LogP contribution >= 0.6 is 0 Å². The molecule has 0 atom stereocenters. The van der Waals surface area contributed by atoms with Crippen LogP contribution in [-0.4, -0.2) is 28.3 Å². The summed E-state index contributed by atoms with van der Waals surface area (Å²) in [4.78, 5) is 15.3. The molecule has 0 fully saturated rings. The molecule has 2 aromatic rings. The Bertz CT molecular complexity index is 607. The number of aromatic hydroxyl groups is 1. The highest BCUT2D eigenvalue weighted by Gasteiger charge is 2.19. The van der Waals surface area contributed by atoms with E-state index in [9.17, 15) is 9.90 Å². The Hall–Kier alpha value is -2.30. The van der Waals surface area contributed by atoms with E-state index in [0.29, 0.717) is 16.7 Å². The molecule has 0 saturated heterocycles. The van der Waals surface area contributed by atoms with Crippen LogP contribution in [0.5, 0.6) is 11.5 Å². The van der Waals surface area contributed by atoms with Gasteiger partial charge in [-0.25, -0.2) is 9.78 Å². The van der Waals surface area contributed by atoms with E-state index < -0.39 is 5.97 Å². The second kappa shape index (κ2) is 3.93. The zero-order valence-electron chi connectivity index (χ0n) is 9.39. The minimum absolute atomic E-state index is 0.147. The third kappa shape index (κ3) is 1.65. The van der Waals surface area contributed by atoms with Gasteiger partial charge in [0.25, 0.3) is 0 Å². The predicted molar refractivity (Wildman–Crippen MR) is 61.7 cm³/mol. The summed E-state index contributed by atoms with van der Waals surface area (Å²) < 4.78 is 5.12. The Kier molecular flexibility index (Phi) is 2.59. The molecule has 1 heterocycles. The lowest BCUT2D eigenvalue weighted by atomic mass is 10.1. The van der Waals surface area contributed by atoms with E-state index in [1.165, 1.54) is 7.11 Å². The van der Waals surface area contributed by atoms with Crippen LogP contribution in [-0.2, 0) is 0 Å². The van der Waals surface area contributed by atoms with E-state index in [0.717, 1.165) is 0 Å². The molecule has 2 rings (SSSR count). The number of nitrogens with zero attached hydrogens (tertiary/aromatic N) is 1. The maximum atomic E-state index is 11.2. The first-order valence-corrected chi connectivity index (χ1v) is 4.95. The number of para-hydroxylation sites is 1. The number of rotatable bonds is 2. The van der Waals surface area contributed by atoms with Crippen LogP contribution in [0.3, 0.4) is 0 Å². The Morgan fingerprint density at radius 2 is 2.12 bits per heavy atom. The summed E-state index contributed by atoms with van der Waals surface area (Å²) in [5.41, 5.74) is 0.550. The average Bonchev–Trinajstić information content (AvgIpc) is 2.29. The lowest BCUT2D eigenvalue weighted by molar-refractivity contribution is 0.0695. The zero-order chi connectivity index (χ0) is 12.6. The SMILES string of the molecule is COc1cccc2c(C(=O)O)c(O)c(C)nc12. The molecule has 0 bridgehead atoms. The van der Waals surface area contributed by atoms with Crippen LogP contribution in [0.25, 0.3) is 10.9 Å². The van der Waals surface area contributed by atoms with E-state index in [1.54, 1.807) is 25.1 Å². The molecule has 0 aliphatic rings. The Morgan fingerprint density at radius 1 is 1.41 bits per heavy atom. The van der Waals surface area contributed by atoms with Gasteiger partial charge in [-0.15, -0.1) is 0 Å². The van der Waals surface area contributed by atoms with E-state index in [1.807, 2.05) is 0 Å². The standard InChI is InChI=1S/C12H11NO4/c1-6-11(14)9(12(15)16)7-4-3-5-8(17-2)10(7)13-6/h3-5,14H,1-2H3,(H,15,16). The van der Waals surface area contributed by atoms with Crippen LogP contribution in [0.15, 0.2) is 18.2 Å². The fourth-order valence-electron chi connectivity index (χ4n) is 1.75. The highest BCUT2D eigenvalue weighted by Crippen LogP contribution is 2.32. The number of carboxylic acids is 1. The summed E-state index contributed by atoms with van der Waals surface area (Å²) in [6.45, 7) is 1.55. The van der Waals surface area contributed by atoms with E-state index in [4.69, 9.17) is 9.84 Å². The van der Waals surface area contributed by atoms with Crippen molar-refractivity contribution in [3.63, 3.8) is 0 Å². The topological polar surface area (TPSA) is 79.7 Å². The molecule has 5 heteroatoms. The van der Waals surface area contributed by atoms with Gasteiger partial charge in [0, 0.05) is 5.39 Å². The van der Waals surface area contributed by atoms with Gasteiger partial charge in [0.15, 0.2) is 5.75 Å². The molecular weight excluding hydrogens is 222 g/mol. The van der Waals surface area contributed by atoms with E-state index >= 15 is 0 Å². The second-order valence-corrected chi connectivity index (χ2v) is 3.58. The molecule has 0 aliphatic carbocycles. The van der Waals surface area contributed by atoms with Gasteiger partial charge in [0.1, 0.15) is 16.8 Å². The number of benzene rings is 1. The molecule has 0 aliphatic heterocycles. The lowest BCUT2D eigenvalue weighted by Crippen LogP contribution is -2.02. The largest absolute Gasteiger partial charge is 0.505 e. The molecule has 1 aromatic carbocycles. The molecule has 0 spiro atoms. The van der Waals surface area contributed by atoms with Crippen LogP contribution < -0.4 is 4.74 Å². The number of hydrogen-bond acceptors (Lipinski definition) is 4. The Morgan fingerprint density at radius 3 is 2.71 bits per heavy atom. The van der Waals surface area contributed by atoms with Gasteiger partial charge in [-0.2, -0.15) is 0 Å². The van der Waals surface area contributed by atoms with Gasteiger partial charge in [-0.3, -0.25) is 0 Å². The lowest BCUT2D eigenvalue weighted by Gasteiger charge is -2.10. The van der Waals surface area contributed by atoms with E-state index in [2.05, 4.69) is 4.98 Å². The van der Waals surface area contributed by atoms with Crippen molar-refractivity contribution >= 4 is 16.9 Å². The highest BCUT2D eigenvalue weighted by molar-refractivity contribution is 6.06. The van der Waals surface area contributed by atoms with Crippen LogP contribution in [0.4, 0.5) is 0 Å². The minimum Gasteiger partial charge on any atom is -0.505 e. The molecule has 5 nitrogen and oxygen atoms in total. The molecule has 0 saturated carbocycles. The van der Waals surface area contributed by atoms with Gasteiger partial charge in [-0.05, 0) is 13.0 Å². The third-order valence-corrected chi connectivity index (χ3v) is 2.56. The Labute approximate surface area is 97.3 Å². The average molecular weight is 233 g/mol. The van der Waals surface area contributed by atoms with Crippen LogP contribution in [0.1, 0.15) is 16.1 Å². The minimum atomic E-state index is -1.19. The number of aromatic nitrogens is 1. The normalized spacial score (nSPS) is 10.5. The van der Waals surface area contributed by atoms with Crippen molar-refractivity contribution in [1.82, 2.24) is 4.98 Å². The van der Waals surface area contributed by atoms with Crippen molar-refractivity contribution in [2.45, 2.75) is 6.92 Å². The maximum absolute atomic E-state index is 11.2. The summed E-state index contributed by atoms with van der Waals surface area (Å²) in [7, 11) is 1.49. The molecule has 0 amide bonds. The fourth-order valence-corrected chi connectivity index (χ4v) is 1.75. The molecule has 2 N–H and O–H groups in total. The molecule has 17 heavy (non-hydrogen) atoms. The smallest absolute Gasteiger partial charge is 0.340 e. The molecular formula is C12H11NO4. The number of carbonyl (C=O) groups is 1. The van der Waals surface area contributed by atoms with Gasteiger partial charge in [-0.1, -0.05) is 12.1 Å². The van der Waals surface area contributed by atoms with Crippen LogP contribution in [0.2, 0.25) is 0 Å². The zero-order valence-corrected chi connectivity index (χ0v) is 9.39. The van der Waals surface area contributed by atoms with Gasteiger partial charge in [0.05, 0.1) is 12.8 Å². The number of ether oxygens (including phenoxy) is 1. The first-order chi connectivity index (χ1) is 8.06. The van der Waals surface area contributed by atoms with Crippen molar-refractivity contribution in [3.8, 4) is 11.5 Å². The summed E-state index contributed by atoms with van der Waals surface area (Å²) in [6, 6.07) is 4.94. The Balaban J connectivity index is 2.96. The van der Waals surface area contributed by atoms with Crippen molar-refractivity contribution in [3.05, 3.63) is 29.5 Å². The summed E-state index contributed by atoms with van der Waals surface area (Å²) >= 11 is 0. The monoisotopic (exact) mass is 233 g/mol. The van der Waals surface area contributed by atoms with Gasteiger partial charge >= 0.3 is 5.97 Å². The van der Waals surface area contributed by atoms with Crippen LogP contribution in [0, 0.1) is 6.92 Å². The third-order valence-electron chi connectivity index (χ3n) is 2.56. The van der Waals surface area contributed by atoms with Crippen molar-refractivity contribution < 1.29 is 19.7 Å². The number of aromatic carboxylic acids is 1. The number of hydrogen-bond donors (Lipinski definition) is 2. The van der Waals surface area contributed by atoms with Crippen molar-refractivity contribution in [1.29, 1.82) is 0 Å². The number of fused-ring (bicyclic) bond motifs is 1. The van der Waals surface area contributed by atoms with Crippen molar-refractivity contribution in [2.75, 3.05) is 7.11 Å².